The Bertz CT molecular complexity index is 2250. The van der Waals surface area contributed by atoms with Crippen LogP contribution in [0, 0.1) is 0 Å². The van der Waals surface area contributed by atoms with Gasteiger partial charge in [-0.2, -0.15) is 12.6 Å². The predicted octanol–water partition coefficient (Wildman–Crippen LogP) is 6.63. The molecule has 0 aliphatic rings. The third-order valence-electron chi connectivity index (χ3n) is 7.46. The number of aryl methyl sites for hydroxylation is 1. The molecule has 4 heterocycles. The van der Waals surface area contributed by atoms with Crippen LogP contribution >= 0.6 is 12.6 Å². The summed E-state index contributed by atoms with van der Waals surface area (Å²) in [4.78, 5) is 13.4. The number of hydrogen-bond acceptors (Lipinski definition) is 13. The van der Waals surface area contributed by atoms with Gasteiger partial charge >= 0.3 is 18.0 Å². The average Bonchev–Trinajstić information content (AvgIpc) is 3.90. The molecule has 15 nitrogen and oxygen atoms in total. The Hall–Kier alpha value is -6.16. The highest BCUT2D eigenvalue weighted by Gasteiger charge is 2.16. The molecule has 0 aliphatic carbocycles. The lowest BCUT2D eigenvalue weighted by Crippen LogP contribution is -2.06. The van der Waals surface area contributed by atoms with E-state index >= 15 is 0 Å². The summed E-state index contributed by atoms with van der Waals surface area (Å²) in [5, 5.41) is 25.3. The third-order valence-corrected chi connectivity index (χ3v) is 7.99. The van der Waals surface area contributed by atoms with Crippen molar-refractivity contribution in [1.29, 1.82) is 0 Å². The minimum atomic E-state index is -0.0457. The van der Waals surface area contributed by atoms with Crippen molar-refractivity contribution in [3.05, 3.63) is 91.4 Å². The van der Waals surface area contributed by atoms with Gasteiger partial charge in [-0.15, -0.1) is 30.2 Å². The molecular weight excluding hydrogens is 657 g/mol. The van der Waals surface area contributed by atoms with Crippen LogP contribution in [0.2, 0.25) is 0 Å². The van der Waals surface area contributed by atoms with Crippen LogP contribution in [0.25, 0.3) is 33.8 Å². The molecule has 7 rings (SSSR count). The molecular formula is C34H32N12O3S. The van der Waals surface area contributed by atoms with E-state index in [0.717, 1.165) is 16.7 Å². The van der Waals surface area contributed by atoms with E-state index in [2.05, 4.69) is 58.5 Å². The Morgan fingerprint density at radius 1 is 0.580 bits per heavy atom. The maximum absolute atomic E-state index is 6.16. The summed E-state index contributed by atoms with van der Waals surface area (Å²) in [6.45, 7) is 6.09. The molecule has 0 fully saturated rings. The van der Waals surface area contributed by atoms with Gasteiger partial charge in [0.15, 0.2) is 0 Å². The number of ether oxygens (including phenoxy) is 3. The second-order valence-corrected chi connectivity index (χ2v) is 12.0. The lowest BCUT2D eigenvalue weighted by Gasteiger charge is -2.11. The van der Waals surface area contributed by atoms with E-state index in [1.54, 1.807) is 39.3 Å². The Morgan fingerprint density at radius 2 is 1.00 bits per heavy atom. The monoisotopic (exact) mass is 688 g/mol. The Kier molecular flexibility index (Phi) is 9.16. The van der Waals surface area contributed by atoms with Gasteiger partial charge in [-0.3, -0.25) is 4.68 Å². The van der Waals surface area contributed by atoms with Gasteiger partial charge in [-0.25, -0.2) is 9.36 Å². The molecule has 16 heteroatoms. The minimum absolute atomic E-state index is 0.0436. The fourth-order valence-corrected chi connectivity index (χ4v) is 4.95. The minimum Gasteiger partial charge on any atom is -0.424 e. The number of rotatable bonds is 12. The largest absolute Gasteiger partial charge is 0.424 e. The zero-order valence-corrected chi connectivity index (χ0v) is 28.5. The van der Waals surface area contributed by atoms with Crippen molar-refractivity contribution in [3.63, 3.8) is 0 Å². The van der Waals surface area contributed by atoms with Crippen LogP contribution in [-0.2, 0) is 7.05 Å². The standard InChI is InChI=1S/C34H32N12O3S/c1-21(2)45-18-30(39-42-45)24-9-6-12-27(15-24)48-33-35-32(47-26-11-5-8-23(14-26)29-17-44(4)41-38-29)36-34(37-33)49-28-13-7-10-25(16-28)31-19-46(43-40-31)22(3)20-50/h5-19,21-22,50H,20H2,1-4H3. The maximum atomic E-state index is 6.16. The molecule has 0 spiro atoms. The quantitative estimate of drug-likeness (QED) is 0.137. The Balaban J connectivity index is 1.19. The molecule has 50 heavy (non-hydrogen) atoms. The number of aromatic nitrogens is 12. The molecule has 4 aromatic heterocycles. The van der Waals surface area contributed by atoms with E-state index in [0.29, 0.717) is 40.1 Å². The van der Waals surface area contributed by atoms with Gasteiger partial charge in [-0.05, 0) is 57.2 Å². The summed E-state index contributed by atoms with van der Waals surface area (Å²) in [5.41, 5.74) is 4.50. The van der Waals surface area contributed by atoms with Crippen LogP contribution in [0.3, 0.4) is 0 Å². The van der Waals surface area contributed by atoms with Crippen molar-refractivity contribution in [3.8, 4) is 69.1 Å². The van der Waals surface area contributed by atoms with Crippen LogP contribution in [0.15, 0.2) is 91.4 Å². The van der Waals surface area contributed by atoms with Gasteiger partial charge in [0.25, 0.3) is 0 Å². The summed E-state index contributed by atoms with van der Waals surface area (Å²) in [7, 11) is 1.80. The zero-order valence-electron chi connectivity index (χ0n) is 27.6. The highest BCUT2D eigenvalue weighted by atomic mass is 32.1. The van der Waals surface area contributed by atoms with Crippen LogP contribution in [-0.4, -0.2) is 65.7 Å². The number of thiol groups is 1. The van der Waals surface area contributed by atoms with Crippen LogP contribution in [0.5, 0.6) is 35.3 Å². The number of nitrogens with zero attached hydrogens (tertiary/aromatic N) is 12. The summed E-state index contributed by atoms with van der Waals surface area (Å²) >= 11 is 4.37. The molecule has 252 valence electrons. The molecule has 0 N–H and O–H groups in total. The summed E-state index contributed by atoms with van der Waals surface area (Å²) in [6, 6.07) is 22.2. The molecule has 0 aliphatic heterocycles. The highest BCUT2D eigenvalue weighted by molar-refractivity contribution is 7.80. The number of hydrogen-bond donors (Lipinski definition) is 1. The van der Waals surface area contributed by atoms with Crippen LogP contribution in [0.4, 0.5) is 0 Å². The predicted molar refractivity (Wildman–Crippen MR) is 186 cm³/mol. The summed E-state index contributed by atoms with van der Waals surface area (Å²) < 4.78 is 23.6. The first-order valence-corrected chi connectivity index (χ1v) is 16.3. The van der Waals surface area contributed by atoms with E-state index in [9.17, 15) is 0 Å². The fraction of sp³-hybridized carbons (Fsp3) is 0.206. The first-order valence-electron chi connectivity index (χ1n) is 15.7. The van der Waals surface area contributed by atoms with Crippen molar-refractivity contribution in [2.45, 2.75) is 32.9 Å². The van der Waals surface area contributed by atoms with E-state index in [4.69, 9.17) is 14.2 Å². The van der Waals surface area contributed by atoms with Crippen LogP contribution in [0.1, 0.15) is 32.9 Å². The molecule has 0 amide bonds. The van der Waals surface area contributed by atoms with Gasteiger partial charge in [0, 0.05) is 35.5 Å². The maximum Gasteiger partial charge on any atom is 0.331 e. The van der Waals surface area contributed by atoms with E-state index in [-0.39, 0.29) is 30.1 Å². The average molecular weight is 689 g/mol. The molecule has 0 saturated heterocycles. The fourth-order valence-electron chi connectivity index (χ4n) is 4.78. The van der Waals surface area contributed by atoms with Crippen molar-refractivity contribution < 1.29 is 14.2 Å². The molecule has 1 atom stereocenters. The zero-order chi connectivity index (χ0) is 34.6. The van der Waals surface area contributed by atoms with E-state index < -0.39 is 0 Å². The van der Waals surface area contributed by atoms with Crippen molar-refractivity contribution in [1.82, 2.24) is 59.9 Å². The number of benzene rings is 3. The van der Waals surface area contributed by atoms with Gasteiger partial charge in [-0.1, -0.05) is 52.0 Å². The Morgan fingerprint density at radius 3 is 1.40 bits per heavy atom. The van der Waals surface area contributed by atoms with Gasteiger partial charge in [0.1, 0.15) is 34.3 Å². The molecule has 1 unspecified atom stereocenters. The molecule has 0 saturated carbocycles. The summed E-state index contributed by atoms with van der Waals surface area (Å²) in [5.74, 6) is 2.03. The Labute approximate surface area is 292 Å². The topological polar surface area (TPSA) is 158 Å². The lowest BCUT2D eigenvalue weighted by molar-refractivity contribution is 0.362. The van der Waals surface area contributed by atoms with Crippen LogP contribution < -0.4 is 14.2 Å². The first kappa shape index (κ1) is 32.4. The SMILES string of the molecule is CC(C)n1cc(-c2cccc(Oc3nc(Oc4cccc(-c5cn(C)nn5)c4)nc(Oc4cccc(-c5cn(C(C)CS)nn5)c4)n3)c2)nn1. The molecule has 0 radical (unpaired) electrons. The second-order valence-electron chi connectivity index (χ2n) is 11.6. The smallest absolute Gasteiger partial charge is 0.331 e. The second kappa shape index (κ2) is 14.1. The van der Waals surface area contributed by atoms with Gasteiger partial charge in [0.05, 0.1) is 24.6 Å². The van der Waals surface area contributed by atoms with Crippen molar-refractivity contribution in [2.75, 3.05) is 5.75 Å². The van der Waals surface area contributed by atoms with E-state index in [1.165, 1.54) is 0 Å². The molecule has 7 aromatic rings. The van der Waals surface area contributed by atoms with Gasteiger partial charge in [0.2, 0.25) is 0 Å². The lowest BCUT2D eigenvalue weighted by atomic mass is 10.1. The van der Waals surface area contributed by atoms with Crippen molar-refractivity contribution >= 4 is 12.6 Å². The molecule has 0 bridgehead atoms. The van der Waals surface area contributed by atoms with E-state index in [1.807, 2.05) is 94.0 Å². The highest BCUT2D eigenvalue weighted by Crippen LogP contribution is 2.31. The first-order chi connectivity index (χ1) is 24.3. The molecule has 3 aromatic carbocycles. The van der Waals surface area contributed by atoms with Gasteiger partial charge < -0.3 is 14.2 Å². The third kappa shape index (κ3) is 7.44. The normalized spacial score (nSPS) is 11.9. The van der Waals surface area contributed by atoms with Crippen molar-refractivity contribution in [2.24, 2.45) is 7.05 Å². The summed E-state index contributed by atoms with van der Waals surface area (Å²) in [6.07, 6.45) is 5.57.